The lowest BCUT2D eigenvalue weighted by Gasteiger charge is -2.12. The summed E-state index contributed by atoms with van der Waals surface area (Å²) in [6.07, 6.45) is -7.33. The maximum atomic E-state index is 13.0. The summed E-state index contributed by atoms with van der Waals surface area (Å²) < 4.78 is 77.9. The Bertz CT molecular complexity index is 1000. The molecule has 1 heterocycles. The van der Waals surface area contributed by atoms with Gasteiger partial charge in [0.15, 0.2) is 0 Å². The van der Waals surface area contributed by atoms with Gasteiger partial charge in [0.2, 0.25) is 0 Å². The number of rotatable bonds is 3. The SMILES string of the molecule is O=[N+]([O-])c1c(-c2cccc(C(F)(F)F)c2)cncc1-c1cccc(C(F)(F)F)c1. The predicted octanol–water partition coefficient (Wildman–Crippen LogP) is 6.36. The Morgan fingerprint density at radius 3 is 1.52 bits per heavy atom. The number of benzene rings is 2. The number of aromatic nitrogens is 1. The van der Waals surface area contributed by atoms with Crippen LogP contribution in [-0.2, 0) is 12.4 Å². The summed E-state index contributed by atoms with van der Waals surface area (Å²) in [5, 5.41) is 11.7. The first-order valence-corrected chi connectivity index (χ1v) is 7.96. The third-order valence-electron chi connectivity index (χ3n) is 4.10. The number of hydrogen-bond acceptors (Lipinski definition) is 3. The fourth-order valence-corrected chi connectivity index (χ4v) is 2.80. The minimum absolute atomic E-state index is 0.132. The van der Waals surface area contributed by atoms with Gasteiger partial charge in [-0.2, -0.15) is 26.3 Å². The van der Waals surface area contributed by atoms with Crippen LogP contribution < -0.4 is 0 Å². The Balaban J connectivity index is 2.23. The molecule has 150 valence electrons. The fraction of sp³-hybridized carbons (Fsp3) is 0.105. The predicted molar refractivity (Wildman–Crippen MR) is 91.8 cm³/mol. The van der Waals surface area contributed by atoms with Gasteiger partial charge in [-0.1, -0.05) is 24.3 Å². The van der Waals surface area contributed by atoms with E-state index in [1.165, 1.54) is 12.1 Å². The lowest BCUT2D eigenvalue weighted by molar-refractivity contribution is -0.383. The van der Waals surface area contributed by atoms with Crippen molar-refractivity contribution in [1.82, 2.24) is 4.98 Å². The molecule has 0 bridgehead atoms. The second-order valence-corrected chi connectivity index (χ2v) is 6.00. The van der Waals surface area contributed by atoms with Crippen LogP contribution in [0.15, 0.2) is 60.9 Å². The van der Waals surface area contributed by atoms with Crippen molar-refractivity contribution < 1.29 is 31.3 Å². The second kappa shape index (κ2) is 7.19. The van der Waals surface area contributed by atoms with E-state index in [0.29, 0.717) is 0 Å². The van der Waals surface area contributed by atoms with E-state index in [0.717, 1.165) is 48.8 Å². The molecule has 4 nitrogen and oxygen atoms in total. The average Bonchev–Trinajstić information content (AvgIpc) is 2.66. The number of nitro groups is 1. The van der Waals surface area contributed by atoms with Crippen molar-refractivity contribution in [3.8, 4) is 22.3 Å². The van der Waals surface area contributed by atoms with Crippen LogP contribution in [0.5, 0.6) is 0 Å². The second-order valence-electron chi connectivity index (χ2n) is 6.00. The van der Waals surface area contributed by atoms with E-state index in [2.05, 4.69) is 4.98 Å². The van der Waals surface area contributed by atoms with Crippen LogP contribution in [0.25, 0.3) is 22.3 Å². The molecular formula is C19H10F6N2O2. The normalized spacial score (nSPS) is 12.1. The van der Waals surface area contributed by atoms with Crippen molar-refractivity contribution >= 4 is 5.69 Å². The highest BCUT2D eigenvalue weighted by molar-refractivity contribution is 5.85. The molecule has 0 aliphatic heterocycles. The standard InChI is InChI=1S/C19H10F6N2O2/c20-18(21,22)13-5-1-3-11(7-13)15-9-26-10-16(17(15)27(28)29)12-4-2-6-14(8-12)19(23,24)25/h1-10H. The van der Waals surface area contributed by atoms with E-state index >= 15 is 0 Å². The van der Waals surface area contributed by atoms with Crippen molar-refractivity contribution in [2.45, 2.75) is 12.4 Å². The molecule has 29 heavy (non-hydrogen) atoms. The maximum absolute atomic E-state index is 13.0. The highest BCUT2D eigenvalue weighted by atomic mass is 19.4. The van der Waals surface area contributed by atoms with Crippen LogP contribution in [0, 0.1) is 10.1 Å². The van der Waals surface area contributed by atoms with Gasteiger partial charge in [-0.3, -0.25) is 15.1 Å². The van der Waals surface area contributed by atoms with Gasteiger partial charge >= 0.3 is 12.4 Å². The van der Waals surface area contributed by atoms with Crippen LogP contribution in [-0.4, -0.2) is 9.91 Å². The summed E-state index contributed by atoms with van der Waals surface area (Å²) >= 11 is 0. The van der Waals surface area contributed by atoms with Gasteiger partial charge in [0.1, 0.15) is 0 Å². The average molecular weight is 412 g/mol. The maximum Gasteiger partial charge on any atom is 0.416 e. The van der Waals surface area contributed by atoms with Crippen molar-refractivity contribution in [2.24, 2.45) is 0 Å². The molecule has 0 aliphatic carbocycles. The van der Waals surface area contributed by atoms with E-state index in [-0.39, 0.29) is 22.3 Å². The molecule has 0 saturated carbocycles. The smallest absolute Gasteiger partial charge is 0.263 e. The highest BCUT2D eigenvalue weighted by Gasteiger charge is 2.33. The van der Waals surface area contributed by atoms with Gasteiger partial charge in [-0.25, -0.2) is 0 Å². The van der Waals surface area contributed by atoms with E-state index in [9.17, 15) is 36.5 Å². The van der Waals surface area contributed by atoms with Gasteiger partial charge in [-0.05, 0) is 35.4 Å². The Morgan fingerprint density at radius 2 is 1.17 bits per heavy atom. The molecule has 0 atom stereocenters. The molecule has 0 N–H and O–H groups in total. The summed E-state index contributed by atoms with van der Waals surface area (Å²) in [5.41, 5.74) is -3.42. The lowest BCUT2D eigenvalue weighted by atomic mass is 9.97. The van der Waals surface area contributed by atoms with Crippen molar-refractivity contribution in [1.29, 1.82) is 0 Å². The first-order valence-electron chi connectivity index (χ1n) is 7.96. The van der Waals surface area contributed by atoms with E-state index in [1.807, 2.05) is 0 Å². The summed E-state index contributed by atoms with van der Waals surface area (Å²) in [6.45, 7) is 0. The van der Waals surface area contributed by atoms with Crippen molar-refractivity contribution in [3.63, 3.8) is 0 Å². The van der Waals surface area contributed by atoms with Crippen LogP contribution >= 0.6 is 0 Å². The largest absolute Gasteiger partial charge is 0.416 e. The molecule has 0 amide bonds. The first-order chi connectivity index (χ1) is 13.5. The summed E-state index contributed by atoms with van der Waals surface area (Å²) in [4.78, 5) is 14.6. The summed E-state index contributed by atoms with van der Waals surface area (Å²) in [6, 6.07) is 7.68. The van der Waals surface area contributed by atoms with Gasteiger partial charge < -0.3 is 0 Å². The topological polar surface area (TPSA) is 56.0 Å². The molecule has 0 radical (unpaired) electrons. The third kappa shape index (κ3) is 4.20. The molecule has 0 aliphatic rings. The zero-order chi connectivity index (χ0) is 21.4. The van der Waals surface area contributed by atoms with Gasteiger partial charge in [0.05, 0.1) is 27.2 Å². The molecule has 0 spiro atoms. The van der Waals surface area contributed by atoms with Crippen molar-refractivity contribution in [3.05, 3.63) is 82.2 Å². The molecule has 2 aromatic carbocycles. The number of halogens is 6. The molecule has 1 aromatic heterocycles. The summed E-state index contributed by atoms with van der Waals surface area (Å²) in [5.74, 6) is 0. The Hall–Kier alpha value is -3.43. The van der Waals surface area contributed by atoms with Crippen LogP contribution in [0.1, 0.15) is 11.1 Å². The molecular weight excluding hydrogens is 402 g/mol. The highest BCUT2D eigenvalue weighted by Crippen LogP contribution is 2.41. The minimum atomic E-state index is -4.67. The molecule has 3 rings (SSSR count). The third-order valence-corrected chi connectivity index (χ3v) is 4.10. The number of alkyl halides is 6. The van der Waals surface area contributed by atoms with Gasteiger partial charge in [-0.15, -0.1) is 0 Å². The minimum Gasteiger partial charge on any atom is -0.263 e. The molecule has 10 heteroatoms. The van der Waals surface area contributed by atoms with E-state index in [1.54, 1.807) is 0 Å². The van der Waals surface area contributed by atoms with Crippen LogP contribution in [0.4, 0.5) is 32.0 Å². The molecule has 0 fully saturated rings. The Morgan fingerprint density at radius 1 is 0.759 bits per heavy atom. The lowest BCUT2D eigenvalue weighted by Crippen LogP contribution is -2.05. The van der Waals surface area contributed by atoms with Crippen LogP contribution in [0.2, 0.25) is 0 Å². The van der Waals surface area contributed by atoms with E-state index < -0.39 is 34.1 Å². The number of pyridine rings is 1. The van der Waals surface area contributed by atoms with Crippen LogP contribution in [0.3, 0.4) is 0 Å². The Labute approximate surface area is 159 Å². The van der Waals surface area contributed by atoms with Gasteiger partial charge in [0, 0.05) is 12.4 Å². The van der Waals surface area contributed by atoms with Crippen molar-refractivity contribution in [2.75, 3.05) is 0 Å². The fourth-order valence-electron chi connectivity index (χ4n) is 2.80. The number of nitrogens with zero attached hydrogens (tertiary/aromatic N) is 2. The summed E-state index contributed by atoms with van der Waals surface area (Å²) in [7, 11) is 0. The molecule has 3 aromatic rings. The monoisotopic (exact) mass is 412 g/mol. The Kier molecular flexibility index (Phi) is 5.04. The van der Waals surface area contributed by atoms with Gasteiger partial charge in [0.25, 0.3) is 5.69 Å². The quantitative estimate of drug-likeness (QED) is 0.286. The zero-order valence-electron chi connectivity index (χ0n) is 14.3. The zero-order valence-corrected chi connectivity index (χ0v) is 14.3. The first kappa shape index (κ1) is 20.3. The molecule has 0 saturated heterocycles. The number of hydrogen-bond donors (Lipinski definition) is 0. The van der Waals surface area contributed by atoms with E-state index in [4.69, 9.17) is 0 Å². The molecule has 0 unspecified atom stereocenters.